The molecule has 24 heavy (non-hydrogen) atoms. The Morgan fingerprint density at radius 2 is 2.04 bits per heavy atom. The highest BCUT2D eigenvalue weighted by atomic mass is 16.4. The molecule has 0 aromatic carbocycles. The Hall–Kier alpha value is -0.870. The molecule has 0 radical (unpaired) electrons. The zero-order valence-electron chi connectivity index (χ0n) is 14.8. The van der Waals surface area contributed by atoms with E-state index in [2.05, 4.69) is 13.0 Å². The number of hydrogen-bond donors (Lipinski definition) is 3. The summed E-state index contributed by atoms with van der Waals surface area (Å²) in [6, 6.07) is 0. The number of aliphatic hydroxyl groups is 2. The molecular weight excluding hydrogens is 304 g/mol. The van der Waals surface area contributed by atoms with Crippen LogP contribution in [0.15, 0.2) is 11.6 Å². The van der Waals surface area contributed by atoms with Gasteiger partial charge in [0.1, 0.15) is 0 Å². The van der Waals surface area contributed by atoms with Gasteiger partial charge < -0.3 is 15.3 Å². The molecule has 4 heteroatoms. The summed E-state index contributed by atoms with van der Waals surface area (Å²) in [7, 11) is 0. The Morgan fingerprint density at radius 1 is 1.29 bits per heavy atom. The molecule has 0 heterocycles. The van der Waals surface area contributed by atoms with Gasteiger partial charge in [-0.25, -0.2) is 0 Å². The fraction of sp³-hybridized carbons (Fsp3) is 0.850. The van der Waals surface area contributed by atoms with Crippen LogP contribution in [0.5, 0.6) is 0 Å². The summed E-state index contributed by atoms with van der Waals surface area (Å²) in [5, 5.41) is 30.6. The molecule has 0 aromatic rings. The minimum Gasteiger partial charge on any atom is -0.481 e. The van der Waals surface area contributed by atoms with Crippen LogP contribution in [0, 0.1) is 28.1 Å². The van der Waals surface area contributed by atoms with Gasteiger partial charge in [0.15, 0.2) is 0 Å². The van der Waals surface area contributed by atoms with Crippen LogP contribution in [0.3, 0.4) is 0 Å². The second-order valence-corrected chi connectivity index (χ2v) is 9.56. The molecule has 0 aliphatic heterocycles. The van der Waals surface area contributed by atoms with E-state index in [1.165, 1.54) is 5.57 Å². The van der Waals surface area contributed by atoms with Crippen LogP contribution in [0.25, 0.3) is 0 Å². The molecule has 6 atom stereocenters. The highest BCUT2D eigenvalue weighted by Crippen LogP contribution is 2.71. The third-order valence-electron chi connectivity index (χ3n) is 8.44. The van der Waals surface area contributed by atoms with E-state index in [1.54, 1.807) is 0 Å². The predicted molar refractivity (Wildman–Crippen MR) is 90.3 cm³/mol. The van der Waals surface area contributed by atoms with E-state index in [1.807, 2.05) is 6.92 Å². The number of aliphatic hydroxyl groups excluding tert-OH is 1. The lowest BCUT2D eigenvalue weighted by molar-refractivity contribution is -0.161. The van der Waals surface area contributed by atoms with E-state index in [0.717, 1.165) is 44.9 Å². The second kappa shape index (κ2) is 4.85. The topological polar surface area (TPSA) is 77.8 Å². The molecule has 2 bridgehead atoms. The van der Waals surface area contributed by atoms with Gasteiger partial charge in [-0.05, 0) is 74.5 Å². The molecule has 4 nitrogen and oxygen atoms in total. The number of allylic oxidation sites excluding steroid dienone is 2. The Balaban J connectivity index is 1.77. The van der Waals surface area contributed by atoms with Gasteiger partial charge in [0.25, 0.3) is 0 Å². The average molecular weight is 334 g/mol. The maximum Gasteiger partial charge on any atom is 0.309 e. The number of carbonyl (C=O) groups is 1. The third-order valence-corrected chi connectivity index (χ3v) is 8.44. The van der Waals surface area contributed by atoms with Gasteiger partial charge in [0.2, 0.25) is 0 Å². The summed E-state index contributed by atoms with van der Waals surface area (Å²) in [6.07, 6.45) is 9.41. The van der Waals surface area contributed by atoms with Gasteiger partial charge in [-0.3, -0.25) is 4.79 Å². The van der Waals surface area contributed by atoms with Crippen LogP contribution in [-0.4, -0.2) is 33.5 Å². The maximum atomic E-state index is 12.0. The molecule has 0 saturated heterocycles. The molecule has 4 aliphatic carbocycles. The van der Waals surface area contributed by atoms with Crippen molar-refractivity contribution in [2.45, 2.75) is 70.8 Å². The van der Waals surface area contributed by atoms with Crippen LogP contribution < -0.4 is 0 Å². The van der Waals surface area contributed by atoms with E-state index in [-0.39, 0.29) is 29.3 Å². The van der Waals surface area contributed by atoms with Crippen molar-refractivity contribution in [1.29, 1.82) is 0 Å². The number of carboxylic acids is 1. The first-order valence-corrected chi connectivity index (χ1v) is 9.48. The zero-order chi connectivity index (χ0) is 17.4. The fourth-order valence-electron chi connectivity index (χ4n) is 7.31. The normalized spacial score (nSPS) is 53.1. The van der Waals surface area contributed by atoms with Gasteiger partial charge in [-0.2, -0.15) is 0 Å². The van der Waals surface area contributed by atoms with Gasteiger partial charge >= 0.3 is 5.97 Å². The monoisotopic (exact) mass is 334 g/mol. The number of carboxylic acid groups (broad SMARTS) is 1. The van der Waals surface area contributed by atoms with Crippen molar-refractivity contribution in [3.8, 4) is 0 Å². The van der Waals surface area contributed by atoms with Crippen molar-refractivity contribution >= 4 is 5.97 Å². The van der Waals surface area contributed by atoms with Gasteiger partial charge in [-0.15, -0.1) is 0 Å². The third kappa shape index (κ3) is 1.84. The van der Waals surface area contributed by atoms with E-state index in [0.29, 0.717) is 6.42 Å². The Kier molecular flexibility index (Phi) is 3.35. The molecule has 4 rings (SSSR count). The average Bonchev–Trinajstić information content (AvgIpc) is 2.73. The van der Waals surface area contributed by atoms with E-state index in [9.17, 15) is 20.1 Å². The molecular formula is C20H30O4. The van der Waals surface area contributed by atoms with Crippen LogP contribution in [0.4, 0.5) is 0 Å². The quantitative estimate of drug-likeness (QED) is 0.678. The Morgan fingerprint density at radius 3 is 2.71 bits per heavy atom. The zero-order valence-corrected chi connectivity index (χ0v) is 14.8. The Bertz CT molecular complexity index is 613. The molecule has 3 saturated carbocycles. The highest BCUT2D eigenvalue weighted by molar-refractivity contribution is 5.75. The van der Waals surface area contributed by atoms with Crippen molar-refractivity contribution < 1.29 is 20.1 Å². The fourth-order valence-corrected chi connectivity index (χ4v) is 7.31. The van der Waals surface area contributed by atoms with E-state index >= 15 is 0 Å². The summed E-state index contributed by atoms with van der Waals surface area (Å²) in [5.74, 6) is -0.324. The molecule has 4 aliphatic rings. The van der Waals surface area contributed by atoms with Crippen molar-refractivity contribution in [3.05, 3.63) is 11.6 Å². The number of rotatable bonds is 2. The van der Waals surface area contributed by atoms with E-state index in [4.69, 9.17) is 0 Å². The van der Waals surface area contributed by atoms with Gasteiger partial charge in [0, 0.05) is 0 Å². The van der Waals surface area contributed by atoms with Gasteiger partial charge in [-0.1, -0.05) is 25.0 Å². The SMILES string of the molecule is C[C@@]1(C(=O)O)CCC[C@@]2(C)C3=CC[C@@H]4C[C@@]3(CC[C@H]12)C[C@]4(O)CO. The molecule has 3 fully saturated rings. The van der Waals surface area contributed by atoms with Gasteiger partial charge in [0.05, 0.1) is 17.6 Å². The summed E-state index contributed by atoms with van der Waals surface area (Å²) in [4.78, 5) is 12.0. The van der Waals surface area contributed by atoms with Crippen molar-refractivity contribution in [3.63, 3.8) is 0 Å². The molecule has 3 N–H and O–H groups in total. The number of hydrogen-bond acceptors (Lipinski definition) is 3. The lowest BCUT2D eigenvalue weighted by atomic mass is 9.44. The number of aliphatic carboxylic acids is 1. The van der Waals surface area contributed by atoms with Crippen LogP contribution in [0.1, 0.15) is 65.2 Å². The van der Waals surface area contributed by atoms with E-state index < -0.39 is 17.0 Å². The van der Waals surface area contributed by atoms with Crippen LogP contribution in [0.2, 0.25) is 0 Å². The summed E-state index contributed by atoms with van der Waals surface area (Å²) in [6.45, 7) is 4.06. The highest BCUT2D eigenvalue weighted by Gasteiger charge is 2.65. The predicted octanol–water partition coefficient (Wildman–Crippen LogP) is 3.13. The summed E-state index contributed by atoms with van der Waals surface area (Å²) >= 11 is 0. The molecule has 0 aromatic heterocycles. The molecule has 134 valence electrons. The minimum atomic E-state index is -0.952. The smallest absolute Gasteiger partial charge is 0.309 e. The lowest BCUT2D eigenvalue weighted by Crippen LogP contribution is -2.54. The largest absolute Gasteiger partial charge is 0.481 e. The summed E-state index contributed by atoms with van der Waals surface area (Å²) in [5.41, 5.74) is -0.263. The number of fused-ring (bicyclic) bond motifs is 3. The molecule has 0 amide bonds. The van der Waals surface area contributed by atoms with Crippen molar-refractivity contribution in [1.82, 2.24) is 0 Å². The first-order valence-electron chi connectivity index (χ1n) is 9.48. The first-order chi connectivity index (χ1) is 11.2. The standard InChI is InChI=1S/C20H30O4/c1-17-7-3-8-18(2,16(22)23)14(17)6-9-19-10-13(4-5-15(17)19)20(24,11-19)12-21/h5,13-14,21,24H,3-4,6-12H2,1-2H3,(H,22,23)/t13-,14+,17-,18-,19+,20+/m1/s1. The minimum absolute atomic E-state index is 0.0115. The Labute approximate surface area is 144 Å². The maximum absolute atomic E-state index is 12.0. The molecule has 0 unspecified atom stereocenters. The van der Waals surface area contributed by atoms with Crippen LogP contribution >= 0.6 is 0 Å². The summed E-state index contributed by atoms with van der Waals surface area (Å²) < 4.78 is 0. The molecule has 1 spiro atoms. The first kappa shape index (κ1) is 16.6. The van der Waals surface area contributed by atoms with Crippen LogP contribution in [-0.2, 0) is 4.79 Å². The van der Waals surface area contributed by atoms with Crippen molar-refractivity contribution in [2.24, 2.45) is 28.1 Å². The lowest BCUT2D eigenvalue weighted by Gasteiger charge is -2.60. The van der Waals surface area contributed by atoms with Crippen molar-refractivity contribution in [2.75, 3.05) is 6.61 Å². The second-order valence-electron chi connectivity index (χ2n) is 9.56.